The van der Waals surface area contributed by atoms with Crippen LogP contribution < -0.4 is 0 Å². The summed E-state index contributed by atoms with van der Waals surface area (Å²) in [5, 5.41) is 0. The molecule has 2 atom stereocenters. The zero-order valence-electron chi connectivity index (χ0n) is 10.0. The number of carbonyl (C=O) groups excluding carboxylic acids is 1. The molecular weight excluding hydrogens is 186 g/mol. The van der Waals surface area contributed by atoms with Gasteiger partial charge >= 0.3 is 0 Å². The predicted molar refractivity (Wildman–Crippen MR) is 61.7 cm³/mol. The van der Waals surface area contributed by atoms with Crippen molar-refractivity contribution in [1.29, 1.82) is 0 Å². The first-order valence-corrected chi connectivity index (χ1v) is 6.42. The molecule has 0 aromatic carbocycles. The van der Waals surface area contributed by atoms with Crippen molar-refractivity contribution in [3.63, 3.8) is 0 Å². The summed E-state index contributed by atoms with van der Waals surface area (Å²) in [7, 11) is 0. The summed E-state index contributed by atoms with van der Waals surface area (Å²) >= 11 is 0. The van der Waals surface area contributed by atoms with Crippen molar-refractivity contribution >= 4 is 5.78 Å². The molecule has 1 saturated carbocycles. The van der Waals surface area contributed by atoms with E-state index in [9.17, 15) is 4.79 Å². The van der Waals surface area contributed by atoms with Gasteiger partial charge in [-0.3, -0.25) is 9.69 Å². The highest BCUT2D eigenvalue weighted by molar-refractivity contribution is 5.83. The Bertz CT molecular complexity index is 223. The van der Waals surface area contributed by atoms with Gasteiger partial charge in [-0.25, -0.2) is 0 Å². The minimum atomic E-state index is 0.399. The number of likely N-dealkylation sites (tertiary alicyclic amines) is 1. The van der Waals surface area contributed by atoms with E-state index < -0.39 is 0 Å². The molecule has 2 fully saturated rings. The second kappa shape index (κ2) is 4.65. The molecule has 1 aliphatic heterocycles. The summed E-state index contributed by atoms with van der Waals surface area (Å²) < 4.78 is 0. The number of ketones is 1. The Balaban J connectivity index is 1.79. The Morgan fingerprint density at radius 1 is 1.13 bits per heavy atom. The quantitative estimate of drug-likeness (QED) is 0.711. The van der Waals surface area contributed by atoms with E-state index in [1.165, 1.54) is 12.8 Å². The van der Waals surface area contributed by atoms with Gasteiger partial charge in [0, 0.05) is 19.0 Å². The van der Waals surface area contributed by atoms with Crippen LogP contribution in [0.25, 0.3) is 0 Å². The Hall–Kier alpha value is -0.370. The number of nitrogens with zero attached hydrogens (tertiary/aromatic N) is 1. The molecule has 2 nitrogen and oxygen atoms in total. The monoisotopic (exact) mass is 209 g/mol. The summed E-state index contributed by atoms with van der Waals surface area (Å²) in [5.41, 5.74) is 0. The maximum atomic E-state index is 12.0. The molecule has 2 aliphatic rings. The lowest BCUT2D eigenvalue weighted by molar-refractivity contribution is -0.123. The molecule has 0 N–H and O–H groups in total. The minimum absolute atomic E-state index is 0.399. The zero-order valence-corrected chi connectivity index (χ0v) is 10.0. The van der Waals surface area contributed by atoms with Crippen LogP contribution in [0.4, 0.5) is 0 Å². The normalized spacial score (nSPS) is 33.7. The van der Waals surface area contributed by atoms with Crippen molar-refractivity contribution in [2.45, 2.75) is 39.5 Å². The van der Waals surface area contributed by atoms with Gasteiger partial charge in [-0.2, -0.15) is 0 Å². The highest BCUT2D eigenvalue weighted by Crippen LogP contribution is 2.27. The van der Waals surface area contributed by atoms with E-state index in [-0.39, 0.29) is 0 Å². The number of Topliss-reactive ketones (excluding diaryl/α,β-unsaturated/α-hetero) is 1. The van der Waals surface area contributed by atoms with E-state index in [0.717, 1.165) is 44.3 Å². The van der Waals surface area contributed by atoms with E-state index in [1.54, 1.807) is 0 Å². The van der Waals surface area contributed by atoms with Crippen LogP contribution in [0.1, 0.15) is 39.5 Å². The fraction of sp³-hybridized carbons (Fsp3) is 0.923. The van der Waals surface area contributed by atoms with Crippen LogP contribution in [0.2, 0.25) is 0 Å². The van der Waals surface area contributed by atoms with Crippen LogP contribution in [0.3, 0.4) is 0 Å². The van der Waals surface area contributed by atoms with Gasteiger partial charge in [0.2, 0.25) is 0 Å². The lowest BCUT2D eigenvalue weighted by Crippen LogP contribution is -2.31. The molecule has 86 valence electrons. The first kappa shape index (κ1) is 11.1. The van der Waals surface area contributed by atoms with Crippen LogP contribution in [0.5, 0.6) is 0 Å². The van der Waals surface area contributed by atoms with Crippen LogP contribution >= 0.6 is 0 Å². The molecule has 0 radical (unpaired) electrons. The molecule has 2 unspecified atom stereocenters. The van der Waals surface area contributed by atoms with E-state index in [1.807, 2.05) is 0 Å². The smallest absolute Gasteiger partial charge is 0.149 e. The molecular formula is C13H23NO. The summed E-state index contributed by atoms with van der Waals surface area (Å²) in [6.45, 7) is 7.56. The molecule has 1 aliphatic carbocycles. The lowest BCUT2D eigenvalue weighted by atomic mass is 10.0. The second-order valence-corrected chi connectivity index (χ2v) is 5.60. The number of rotatable bonds is 3. The highest BCUT2D eigenvalue weighted by atomic mass is 16.1. The lowest BCUT2D eigenvalue weighted by Gasteiger charge is -2.16. The molecule has 1 saturated heterocycles. The average Bonchev–Trinajstić information content (AvgIpc) is 2.77. The SMILES string of the molecule is CC1CN(CC(=O)C2CCCC2)CC1C. The minimum Gasteiger partial charge on any atom is -0.298 e. The molecule has 1 heterocycles. The van der Waals surface area contributed by atoms with Gasteiger partial charge in [0.05, 0.1) is 6.54 Å². The first-order valence-electron chi connectivity index (χ1n) is 6.42. The standard InChI is InChI=1S/C13H23NO/c1-10-7-14(8-11(10)2)9-13(15)12-5-3-4-6-12/h10-12H,3-9H2,1-2H3. The molecule has 2 heteroatoms. The van der Waals surface area contributed by atoms with Gasteiger partial charge in [0.15, 0.2) is 0 Å². The van der Waals surface area contributed by atoms with E-state index in [2.05, 4.69) is 18.7 Å². The van der Waals surface area contributed by atoms with Gasteiger partial charge in [-0.05, 0) is 24.7 Å². The van der Waals surface area contributed by atoms with Gasteiger partial charge in [0.25, 0.3) is 0 Å². The van der Waals surface area contributed by atoms with Gasteiger partial charge in [-0.15, -0.1) is 0 Å². The van der Waals surface area contributed by atoms with Crippen molar-refractivity contribution in [1.82, 2.24) is 4.90 Å². The maximum absolute atomic E-state index is 12.0. The van der Waals surface area contributed by atoms with Crippen molar-refractivity contribution in [2.24, 2.45) is 17.8 Å². The Morgan fingerprint density at radius 3 is 2.20 bits per heavy atom. The van der Waals surface area contributed by atoms with Gasteiger partial charge in [0.1, 0.15) is 5.78 Å². The molecule has 2 rings (SSSR count). The number of hydrogen-bond acceptors (Lipinski definition) is 2. The summed E-state index contributed by atoms with van der Waals surface area (Å²) in [4.78, 5) is 14.3. The second-order valence-electron chi connectivity index (χ2n) is 5.60. The summed E-state index contributed by atoms with van der Waals surface area (Å²) in [5.74, 6) is 2.44. The molecule has 0 bridgehead atoms. The van der Waals surface area contributed by atoms with E-state index >= 15 is 0 Å². The Kier molecular flexibility index (Phi) is 3.45. The summed E-state index contributed by atoms with van der Waals surface area (Å²) in [6.07, 6.45) is 4.84. The topological polar surface area (TPSA) is 20.3 Å². The van der Waals surface area contributed by atoms with E-state index in [4.69, 9.17) is 0 Å². The van der Waals surface area contributed by atoms with Crippen molar-refractivity contribution in [2.75, 3.05) is 19.6 Å². The molecule has 0 spiro atoms. The fourth-order valence-corrected chi connectivity index (χ4v) is 2.98. The fourth-order valence-electron chi connectivity index (χ4n) is 2.98. The largest absolute Gasteiger partial charge is 0.298 e. The number of carbonyl (C=O) groups is 1. The summed E-state index contributed by atoms with van der Waals surface area (Å²) in [6, 6.07) is 0. The van der Waals surface area contributed by atoms with Crippen molar-refractivity contribution in [3.05, 3.63) is 0 Å². The number of hydrogen-bond donors (Lipinski definition) is 0. The van der Waals surface area contributed by atoms with Crippen molar-refractivity contribution in [3.8, 4) is 0 Å². The van der Waals surface area contributed by atoms with E-state index in [0.29, 0.717) is 11.7 Å². The molecule has 15 heavy (non-hydrogen) atoms. The van der Waals surface area contributed by atoms with Crippen LogP contribution in [0.15, 0.2) is 0 Å². The van der Waals surface area contributed by atoms with Crippen molar-refractivity contribution < 1.29 is 4.79 Å². The third-order valence-corrected chi connectivity index (χ3v) is 4.25. The zero-order chi connectivity index (χ0) is 10.8. The van der Waals surface area contributed by atoms with Gasteiger partial charge < -0.3 is 0 Å². The van der Waals surface area contributed by atoms with Crippen LogP contribution in [0, 0.1) is 17.8 Å². The van der Waals surface area contributed by atoms with Crippen LogP contribution in [-0.2, 0) is 4.79 Å². The molecule has 0 amide bonds. The highest BCUT2D eigenvalue weighted by Gasteiger charge is 2.30. The Morgan fingerprint density at radius 2 is 1.67 bits per heavy atom. The third kappa shape index (κ3) is 2.60. The molecule has 0 aromatic rings. The third-order valence-electron chi connectivity index (χ3n) is 4.25. The maximum Gasteiger partial charge on any atom is 0.149 e. The van der Waals surface area contributed by atoms with Gasteiger partial charge in [-0.1, -0.05) is 26.7 Å². The Labute approximate surface area is 93.0 Å². The van der Waals surface area contributed by atoms with Crippen LogP contribution in [-0.4, -0.2) is 30.3 Å². The predicted octanol–water partition coefficient (Wildman–Crippen LogP) is 2.33. The molecule has 0 aromatic heterocycles. The average molecular weight is 209 g/mol. The first-order chi connectivity index (χ1) is 7.16.